The number of hydrazone groups is 1. The Hall–Kier alpha value is -2.84. The number of aryl methyl sites for hydroxylation is 1. The van der Waals surface area contributed by atoms with Crippen molar-refractivity contribution in [2.45, 2.75) is 51.6 Å². The van der Waals surface area contributed by atoms with Crippen molar-refractivity contribution in [3.05, 3.63) is 41.3 Å². The first-order valence-electron chi connectivity index (χ1n) is 9.64. The third kappa shape index (κ3) is 3.73. The third-order valence-corrected chi connectivity index (χ3v) is 5.60. The standard InChI is InChI=1S/C20H23F2N5O2/c1-12-24-25-19(29-12)26-7-5-13(11-20(26,2)3)18(28)27-17(4-6-23-27)14-8-15(21)10-16(22)9-14/h6,8-10,13,17H,4-5,7,11H2,1-3H3/t13-,17-/m1/s1. The largest absolute Gasteiger partial charge is 0.408 e. The highest BCUT2D eigenvalue weighted by atomic mass is 19.1. The summed E-state index contributed by atoms with van der Waals surface area (Å²) in [7, 11) is 0. The number of nitrogens with zero attached hydrogens (tertiary/aromatic N) is 5. The first kappa shape index (κ1) is 19.5. The minimum atomic E-state index is -0.663. The van der Waals surface area contributed by atoms with Gasteiger partial charge in [-0.15, -0.1) is 5.10 Å². The summed E-state index contributed by atoms with van der Waals surface area (Å²) >= 11 is 0. The van der Waals surface area contributed by atoms with Gasteiger partial charge in [-0.05, 0) is 44.4 Å². The molecule has 1 fully saturated rings. The van der Waals surface area contributed by atoms with Crippen molar-refractivity contribution in [1.82, 2.24) is 15.2 Å². The minimum Gasteiger partial charge on any atom is -0.408 e. The molecule has 29 heavy (non-hydrogen) atoms. The summed E-state index contributed by atoms with van der Waals surface area (Å²) < 4.78 is 32.9. The lowest BCUT2D eigenvalue weighted by Gasteiger charge is -2.44. The van der Waals surface area contributed by atoms with Crippen LogP contribution in [0.5, 0.6) is 0 Å². The molecule has 2 aromatic rings. The molecule has 9 heteroatoms. The number of benzene rings is 1. The highest BCUT2D eigenvalue weighted by molar-refractivity contribution is 5.82. The number of rotatable bonds is 3. The van der Waals surface area contributed by atoms with E-state index in [9.17, 15) is 13.6 Å². The fourth-order valence-corrected chi connectivity index (χ4v) is 4.22. The van der Waals surface area contributed by atoms with Gasteiger partial charge in [-0.3, -0.25) is 4.79 Å². The smallest absolute Gasteiger partial charge is 0.318 e. The normalized spacial score (nSPS) is 23.6. The molecule has 0 bridgehead atoms. The van der Waals surface area contributed by atoms with Crippen LogP contribution in [0.1, 0.15) is 50.6 Å². The summed E-state index contributed by atoms with van der Waals surface area (Å²) in [4.78, 5) is 15.3. The lowest BCUT2D eigenvalue weighted by molar-refractivity contribution is -0.138. The van der Waals surface area contributed by atoms with Crippen molar-refractivity contribution < 1.29 is 18.0 Å². The number of aromatic nitrogens is 2. The van der Waals surface area contributed by atoms with Crippen LogP contribution in [0.15, 0.2) is 27.7 Å². The average Bonchev–Trinajstić information content (AvgIpc) is 3.28. The van der Waals surface area contributed by atoms with Crippen LogP contribution in [0, 0.1) is 24.5 Å². The van der Waals surface area contributed by atoms with Crippen molar-refractivity contribution in [3.63, 3.8) is 0 Å². The monoisotopic (exact) mass is 403 g/mol. The number of carbonyl (C=O) groups is 1. The third-order valence-electron chi connectivity index (χ3n) is 5.60. The second-order valence-corrected chi connectivity index (χ2v) is 8.19. The number of halogens is 2. The van der Waals surface area contributed by atoms with Gasteiger partial charge in [0, 0.05) is 43.6 Å². The molecule has 2 aliphatic rings. The highest BCUT2D eigenvalue weighted by Gasteiger charge is 2.43. The first-order chi connectivity index (χ1) is 13.7. The summed E-state index contributed by atoms with van der Waals surface area (Å²) in [6, 6.07) is 3.29. The van der Waals surface area contributed by atoms with Gasteiger partial charge in [-0.25, -0.2) is 13.8 Å². The molecule has 4 rings (SSSR count). The lowest BCUT2D eigenvalue weighted by atomic mass is 9.82. The summed E-state index contributed by atoms with van der Waals surface area (Å²) in [5.41, 5.74) is 0.0351. The molecule has 1 saturated heterocycles. The van der Waals surface area contributed by atoms with Crippen LogP contribution in [0.2, 0.25) is 0 Å². The summed E-state index contributed by atoms with van der Waals surface area (Å²) in [5, 5.41) is 13.6. The van der Waals surface area contributed by atoms with Crippen LogP contribution >= 0.6 is 0 Å². The predicted octanol–water partition coefficient (Wildman–Crippen LogP) is 3.61. The van der Waals surface area contributed by atoms with Gasteiger partial charge in [0.05, 0.1) is 6.04 Å². The summed E-state index contributed by atoms with van der Waals surface area (Å²) in [6.45, 7) is 6.37. The van der Waals surface area contributed by atoms with Crippen LogP contribution in [-0.4, -0.2) is 39.4 Å². The molecular weight excluding hydrogens is 380 g/mol. The van der Waals surface area contributed by atoms with Gasteiger partial charge in [-0.1, -0.05) is 5.10 Å². The molecule has 0 radical (unpaired) electrons. The number of hydrogen-bond acceptors (Lipinski definition) is 6. The molecule has 0 saturated carbocycles. The van der Waals surface area contributed by atoms with E-state index in [1.54, 1.807) is 13.1 Å². The maximum Gasteiger partial charge on any atom is 0.318 e. The molecule has 7 nitrogen and oxygen atoms in total. The SMILES string of the molecule is Cc1nnc(N2CC[C@@H](C(=O)N3N=CC[C@@H]3c3cc(F)cc(F)c3)CC2(C)C)o1. The maximum atomic E-state index is 13.7. The van der Waals surface area contributed by atoms with Crippen LogP contribution < -0.4 is 4.90 Å². The van der Waals surface area contributed by atoms with Crippen LogP contribution in [0.25, 0.3) is 0 Å². The number of amides is 1. The molecule has 0 unspecified atom stereocenters. The maximum absolute atomic E-state index is 13.7. The molecule has 0 spiro atoms. The van der Waals surface area contributed by atoms with Crippen molar-refractivity contribution in [2.75, 3.05) is 11.4 Å². The Morgan fingerprint density at radius 3 is 2.55 bits per heavy atom. The molecule has 1 amide bonds. The van der Waals surface area contributed by atoms with Crippen molar-refractivity contribution >= 4 is 18.1 Å². The van der Waals surface area contributed by atoms with Crippen molar-refractivity contribution in [3.8, 4) is 0 Å². The topological polar surface area (TPSA) is 74.8 Å². The molecular formula is C20H23F2N5O2. The Labute approximate surface area is 167 Å². The summed E-state index contributed by atoms with van der Waals surface area (Å²) in [6.07, 6.45) is 3.22. The Kier molecular flexibility index (Phi) is 4.84. The van der Waals surface area contributed by atoms with E-state index in [0.717, 1.165) is 6.07 Å². The van der Waals surface area contributed by atoms with Crippen molar-refractivity contribution in [2.24, 2.45) is 11.0 Å². The van der Waals surface area contributed by atoms with Gasteiger partial charge in [0.25, 0.3) is 0 Å². The van der Waals surface area contributed by atoms with Gasteiger partial charge in [0.15, 0.2) is 0 Å². The summed E-state index contributed by atoms with van der Waals surface area (Å²) in [5.74, 6) is -1.23. The fourth-order valence-electron chi connectivity index (χ4n) is 4.22. The first-order valence-corrected chi connectivity index (χ1v) is 9.64. The van der Waals surface area contributed by atoms with E-state index in [2.05, 4.69) is 15.3 Å². The van der Waals surface area contributed by atoms with E-state index in [-0.39, 0.29) is 17.4 Å². The van der Waals surface area contributed by atoms with Crippen LogP contribution in [0.3, 0.4) is 0 Å². The van der Waals surface area contributed by atoms with Crippen LogP contribution in [-0.2, 0) is 4.79 Å². The number of anilines is 1. The Bertz CT molecular complexity index is 938. The fraction of sp³-hybridized carbons (Fsp3) is 0.500. The zero-order valence-electron chi connectivity index (χ0n) is 16.6. The van der Waals surface area contributed by atoms with E-state index in [1.807, 2.05) is 18.7 Å². The van der Waals surface area contributed by atoms with Gasteiger partial charge in [0.2, 0.25) is 11.8 Å². The zero-order valence-corrected chi connectivity index (χ0v) is 16.6. The number of hydrogen-bond donors (Lipinski definition) is 0. The Morgan fingerprint density at radius 2 is 1.93 bits per heavy atom. The van der Waals surface area contributed by atoms with E-state index >= 15 is 0 Å². The molecule has 0 aliphatic carbocycles. The second-order valence-electron chi connectivity index (χ2n) is 8.19. The second kappa shape index (κ2) is 7.20. The lowest BCUT2D eigenvalue weighted by Crippen LogP contribution is -2.53. The molecule has 1 aromatic carbocycles. The van der Waals surface area contributed by atoms with Crippen molar-refractivity contribution in [1.29, 1.82) is 0 Å². The van der Waals surface area contributed by atoms with Gasteiger partial charge >= 0.3 is 6.01 Å². The number of carbonyl (C=O) groups excluding carboxylic acids is 1. The number of piperidine rings is 1. The van der Waals surface area contributed by atoms with Crippen LogP contribution in [0.4, 0.5) is 14.8 Å². The molecule has 154 valence electrons. The van der Waals surface area contributed by atoms with Gasteiger partial charge in [0.1, 0.15) is 11.6 Å². The predicted molar refractivity (Wildman–Crippen MR) is 102 cm³/mol. The minimum absolute atomic E-state index is 0.136. The van der Waals surface area contributed by atoms with E-state index in [1.165, 1.54) is 17.1 Å². The Balaban J connectivity index is 1.51. The van der Waals surface area contributed by atoms with E-state index < -0.39 is 17.7 Å². The highest BCUT2D eigenvalue weighted by Crippen LogP contribution is 2.38. The molecule has 2 aliphatic heterocycles. The quantitative estimate of drug-likeness (QED) is 0.783. The van der Waals surface area contributed by atoms with Gasteiger partial charge in [-0.2, -0.15) is 5.10 Å². The Morgan fingerprint density at radius 1 is 1.21 bits per heavy atom. The average molecular weight is 403 g/mol. The molecule has 2 atom stereocenters. The van der Waals surface area contributed by atoms with E-state index in [4.69, 9.17) is 4.42 Å². The molecule has 0 N–H and O–H groups in total. The molecule has 3 heterocycles. The molecule has 1 aromatic heterocycles. The van der Waals surface area contributed by atoms with E-state index in [0.29, 0.717) is 43.3 Å². The van der Waals surface area contributed by atoms with Gasteiger partial charge < -0.3 is 9.32 Å². The zero-order chi connectivity index (χ0) is 20.8.